The van der Waals surface area contributed by atoms with Gasteiger partial charge in [0.25, 0.3) is 5.91 Å². The van der Waals surface area contributed by atoms with Crippen LogP contribution in [0.5, 0.6) is 0 Å². The van der Waals surface area contributed by atoms with Crippen LogP contribution in [0.25, 0.3) is 0 Å². The summed E-state index contributed by atoms with van der Waals surface area (Å²) >= 11 is 0. The molecule has 2 aromatic rings. The predicted molar refractivity (Wildman–Crippen MR) is 139 cm³/mol. The summed E-state index contributed by atoms with van der Waals surface area (Å²) in [5, 5.41) is 12.4. The fourth-order valence-electron chi connectivity index (χ4n) is 3.88. The molecule has 180 valence electrons. The Morgan fingerprint density at radius 1 is 1.21 bits per heavy atom. The van der Waals surface area contributed by atoms with Crippen LogP contribution < -0.4 is 10.2 Å². The normalized spacial score (nSPS) is 11.3. The first-order valence-corrected chi connectivity index (χ1v) is 11.8. The van der Waals surface area contributed by atoms with E-state index in [2.05, 4.69) is 31.0 Å². The Bertz CT molecular complexity index is 1070. The Balaban J connectivity index is 2.06. The number of amides is 2. The van der Waals surface area contributed by atoms with Crippen LogP contribution in [0.3, 0.4) is 0 Å². The van der Waals surface area contributed by atoms with E-state index in [0.717, 1.165) is 48.2 Å². The van der Waals surface area contributed by atoms with E-state index in [-0.39, 0.29) is 5.91 Å². The van der Waals surface area contributed by atoms with E-state index in [1.165, 1.54) is 10.5 Å². The molecular weight excluding hydrogens is 424 g/mol. The number of allylic oxidation sites excluding steroid dienone is 1. The lowest BCUT2D eigenvalue weighted by Gasteiger charge is -2.23. The third-order valence-corrected chi connectivity index (χ3v) is 6.08. The van der Waals surface area contributed by atoms with Crippen molar-refractivity contribution in [3.63, 3.8) is 0 Å². The largest absolute Gasteiger partial charge is 0.359 e. The van der Waals surface area contributed by atoms with Gasteiger partial charge in [-0.1, -0.05) is 25.6 Å². The van der Waals surface area contributed by atoms with Crippen molar-refractivity contribution in [2.24, 2.45) is 5.92 Å². The monoisotopic (exact) mass is 460 g/mol. The molecule has 2 aromatic carbocycles. The maximum atomic E-state index is 12.9. The summed E-state index contributed by atoms with van der Waals surface area (Å²) in [7, 11) is 1.75. The number of anilines is 2. The second-order valence-corrected chi connectivity index (χ2v) is 8.78. The zero-order valence-corrected chi connectivity index (χ0v) is 21.0. The second kappa shape index (κ2) is 12.6. The summed E-state index contributed by atoms with van der Waals surface area (Å²) in [6.45, 7) is 13.2. The molecule has 0 saturated heterocycles. The first kappa shape index (κ1) is 26.7. The summed E-state index contributed by atoms with van der Waals surface area (Å²) in [5.41, 5.74) is 5.71. The van der Waals surface area contributed by atoms with Gasteiger partial charge in [0.15, 0.2) is 0 Å². The second-order valence-electron chi connectivity index (χ2n) is 8.78. The minimum Gasteiger partial charge on any atom is -0.359 e. The number of nitrogens with zero attached hydrogens (tertiary/aromatic N) is 3. The van der Waals surface area contributed by atoms with Gasteiger partial charge in [0.2, 0.25) is 6.41 Å². The quantitative estimate of drug-likeness (QED) is 0.423. The highest BCUT2D eigenvalue weighted by molar-refractivity contribution is 6.02. The van der Waals surface area contributed by atoms with Crippen LogP contribution in [0.2, 0.25) is 0 Å². The number of aryl methyl sites for hydroxylation is 2. The highest BCUT2D eigenvalue weighted by Gasteiger charge is 2.19. The van der Waals surface area contributed by atoms with Crippen LogP contribution in [-0.4, -0.2) is 37.4 Å². The first-order chi connectivity index (χ1) is 16.2. The molecule has 34 heavy (non-hydrogen) atoms. The number of carbonyl (C=O) groups is 2. The Morgan fingerprint density at radius 3 is 2.53 bits per heavy atom. The van der Waals surface area contributed by atoms with Crippen molar-refractivity contribution < 1.29 is 9.59 Å². The van der Waals surface area contributed by atoms with Gasteiger partial charge in [-0.05, 0) is 81.3 Å². The summed E-state index contributed by atoms with van der Waals surface area (Å²) in [5.74, 6) is 0.284. The zero-order valence-electron chi connectivity index (χ0n) is 21.0. The Morgan fingerprint density at radius 2 is 1.94 bits per heavy atom. The molecule has 0 radical (unpaired) electrons. The number of nitriles is 1. The third kappa shape index (κ3) is 6.95. The number of hydrogen-bond donors (Lipinski definition) is 1. The van der Waals surface area contributed by atoms with E-state index in [9.17, 15) is 9.59 Å². The zero-order chi connectivity index (χ0) is 25.3. The molecule has 0 heterocycles. The van der Waals surface area contributed by atoms with Gasteiger partial charge in [-0.25, -0.2) is 0 Å². The van der Waals surface area contributed by atoms with Crippen LogP contribution in [0.15, 0.2) is 48.7 Å². The average molecular weight is 461 g/mol. The standard InChI is InChI=1S/C28H36N4O2/c1-7-31(6)28(34)26-17-25(13-14-27(26)32(8-2)19-33)30-22(5)15-20(3)9-10-23-11-12-24(18-29)21(4)16-23/h11-14,16-17,19-20,30H,5,7-10,15H2,1-4,6H3. The third-order valence-electron chi connectivity index (χ3n) is 6.08. The van der Waals surface area contributed by atoms with Gasteiger partial charge in [-0.15, -0.1) is 0 Å². The van der Waals surface area contributed by atoms with E-state index in [1.807, 2.05) is 39.0 Å². The number of hydrogen-bond acceptors (Lipinski definition) is 4. The molecule has 0 aliphatic rings. The van der Waals surface area contributed by atoms with Gasteiger partial charge < -0.3 is 15.1 Å². The van der Waals surface area contributed by atoms with E-state index in [0.29, 0.717) is 30.3 Å². The van der Waals surface area contributed by atoms with Gasteiger partial charge in [0.1, 0.15) is 0 Å². The summed E-state index contributed by atoms with van der Waals surface area (Å²) in [6, 6.07) is 13.7. The van der Waals surface area contributed by atoms with Crippen LogP contribution in [0.4, 0.5) is 11.4 Å². The van der Waals surface area contributed by atoms with Crippen molar-refractivity contribution >= 4 is 23.7 Å². The minimum atomic E-state index is -0.127. The Labute approximate surface area is 203 Å². The lowest BCUT2D eigenvalue weighted by atomic mass is 9.95. The summed E-state index contributed by atoms with van der Waals surface area (Å²) < 4.78 is 0. The maximum absolute atomic E-state index is 12.9. The predicted octanol–water partition coefficient (Wildman–Crippen LogP) is 5.53. The topological polar surface area (TPSA) is 76.4 Å². The maximum Gasteiger partial charge on any atom is 0.255 e. The first-order valence-electron chi connectivity index (χ1n) is 11.8. The van der Waals surface area contributed by atoms with Crippen LogP contribution in [0.1, 0.15) is 60.7 Å². The van der Waals surface area contributed by atoms with E-state index >= 15 is 0 Å². The fourth-order valence-corrected chi connectivity index (χ4v) is 3.88. The van der Waals surface area contributed by atoms with Crippen LogP contribution >= 0.6 is 0 Å². The van der Waals surface area contributed by atoms with Crippen molar-refractivity contribution in [1.82, 2.24) is 4.90 Å². The Kier molecular flexibility index (Phi) is 9.88. The van der Waals surface area contributed by atoms with Gasteiger partial charge in [0.05, 0.1) is 22.9 Å². The number of rotatable bonds is 12. The van der Waals surface area contributed by atoms with E-state index in [1.54, 1.807) is 24.1 Å². The molecule has 6 heteroatoms. The molecule has 1 N–H and O–H groups in total. The molecule has 6 nitrogen and oxygen atoms in total. The van der Waals surface area contributed by atoms with Gasteiger partial charge in [0, 0.05) is 31.5 Å². The van der Waals surface area contributed by atoms with Crippen molar-refractivity contribution in [3.05, 3.63) is 70.9 Å². The Hall–Kier alpha value is -3.59. The van der Waals surface area contributed by atoms with Gasteiger partial charge >= 0.3 is 0 Å². The van der Waals surface area contributed by atoms with Crippen molar-refractivity contribution in [2.75, 3.05) is 30.4 Å². The lowest BCUT2D eigenvalue weighted by molar-refractivity contribution is -0.107. The molecular formula is C28H36N4O2. The highest BCUT2D eigenvalue weighted by atomic mass is 16.2. The summed E-state index contributed by atoms with van der Waals surface area (Å²) in [4.78, 5) is 27.6. The molecule has 2 amide bonds. The molecule has 0 fully saturated rings. The molecule has 1 unspecified atom stereocenters. The molecule has 0 spiro atoms. The number of nitrogens with one attached hydrogen (secondary N) is 1. The number of carbonyl (C=O) groups excluding carboxylic acids is 2. The van der Waals surface area contributed by atoms with Crippen molar-refractivity contribution in [1.29, 1.82) is 5.26 Å². The highest BCUT2D eigenvalue weighted by Crippen LogP contribution is 2.27. The average Bonchev–Trinajstić information content (AvgIpc) is 2.83. The molecule has 0 bridgehead atoms. The SMILES string of the molecule is C=C(CC(C)CCc1ccc(C#N)c(C)c1)Nc1ccc(N(C=O)CC)c(C(=O)N(C)CC)c1. The molecule has 2 rings (SSSR count). The van der Waals surface area contributed by atoms with Crippen LogP contribution in [0, 0.1) is 24.2 Å². The van der Waals surface area contributed by atoms with Crippen molar-refractivity contribution in [2.45, 2.75) is 47.0 Å². The van der Waals surface area contributed by atoms with Crippen LogP contribution in [-0.2, 0) is 11.2 Å². The lowest BCUT2D eigenvalue weighted by Crippen LogP contribution is -2.30. The summed E-state index contributed by atoms with van der Waals surface area (Å²) in [6.07, 6.45) is 3.49. The minimum absolute atomic E-state index is 0.127. The smallest absolute Gasteiger partial charge is 0.255 e. The van der Waals surface area contributed by atoms with Gasteiger partial charge in [-0.2, -0.15) is 5.26 Å². The number of benzene rings is 2. The fraction of sp³-hybridized carbons (Fsp3) is 0.393. The van der Waals surface area contributed by atoms with Crippen molar-refractivity contribution in [3.8, 4) is 6.07 Å². The van der Waals surface area contributed by atoms with E-state index in [4.69, 9.17) is 5.26 Å². The molecule has 0 saturated carbocycles. The van der Waals surface area contributed by atoms with E-state index < -0.39 is 0 Å². The molecule has 0 aliphatic heterocycles. The molecule has 0 aromatic heterocycles. The molecule has 1 atom stereocenters. The van der Waals surface area contributed by atoms with Gasteiger partial charge in [-0.3, -0.25) is 9.59 Å². The molecule has 0 aliphatic carbocycles.